The van der Waals surface area contributed by atoms with Crippen molar-refractivity contribution in [3.8, 4) is 0 Å². The molecule has 1 aromatic rings. The van der Waals surface area contributed by atoms with Crippen LogP contribution in [-0.2, 0) is 6.42 Å². The van der Waals surface area contributed by atoms with Crippen LogP contribution in [0.4, 0.5) is 0 Å². The van der Waals surface area contributed by atoms with Gasteiger partial charge < -0.3 is 9.84 Å². The zero-order chi connectivity index (χ0) is 11.9. The normalized spacial score (nSPS) is 27.5. The van der Waals surface area contributed by atoms with Crippen molar-refractivity contribution in [2.45, 2.75) is 57.4 Å². The Labute approximate surface area is 102 Å². The Morgan fingerprint density at radius 3 is 2.94 bits per heavy atom. The summed E-state index contributed by atoms with van der Waals surface area (Å²) in [5.41, 5.74) is 0.554. The predicted molar refractivity (Wildman–Crippen MR) is 64.8 cm³/mol. The molecule has 0 amide bonds. The first-order valence-electron chi connectivity index (χ1n) is 6.73. The highest BCUT2D eigenvalue weighted by atomic mass is 16.5. The molecule has 4 nitrogen and oxygen atoms in total. The van der Waals surface area contributed by atoms with Gasteiger partial charge in [-0.25, -0.2) is 0 Å². The van der Waals surface area contributed by atoms with Gasteiger partial charge in [0.2, 0.25) is 5.89 Å². The number of hydrogen-bond donors (Lipinski definition) is 1. The van der Waals surface area contributed by atoms with E-state index < -0.39 is 0 Å². The molecule has 3 rings (SSSR count). The van der Waals surface area contributed by atoms with Gasteiger partial charge in [-0.05, 0) is 38.6 Å². The van der Waals surface area contributed by atoms with Crippen molar-refractivity contribution in [1.29, 1.82) is 0 Å². The third-order valence-corrected chi connectivity index (χ3v) is 4.55. The van der Waals surface area contributed by atoms with E-state index in [2.05, 4.69) is 22.4 Å². The quantitative estimate of drug-likeness (QED) is 0.869. The molecular weight excluding hydrogens is 214 g/mol. The van der Waals surface area contributed by atoms with E-state index in [-0.39, 0.29) is 0 Å². The van der Waals surface area contributed by atoms with Crippen LogP contribution in [0.15, 0.2) is 4.52 Å². The summed E-state index contributed by atoms with van der Waals surface area (Å²) in [7, 11) is 1.96. The third kappa shape index (κ3) is 1.99. The highest BCUT2D eigenvalue weighted by molar-refractivity contribution is 5.18. The van der Waals surface area contributed by atoms with E-state index in [0.717, 1.165) is 18.1 Å². The van der Waals surface area contributed by atoms with E-state index in [4.69, 9.17) is 4.52 Å². The molecule has 0 radical (unpaired) electrons. The summed E-state index contributed by atoms with van der Waals surface area (Å²) < 4.78 is 5.43. The zero-order valence-electron chi connectivity index (χ0n) is 10.7. The van der Waals surface area contributed by atoms with Gasteiger partial charge in [0.05, 0.1) is 0 Å². The number of rotatable bonds is 4. The van der Waals surface area contributed by atoms with E-state index in [1.807, 2.05) is 7.05 Å². The van der Waals surface area contributed by atoms with Crippen molar-refractivity contribution in [3.63, 3.8) is 0 Å². The Kier molecular flexibility index (Phi) is 2.69. The second kappa shape index (κ2) is 4.09. The predicted octanol–water partition coefficient (Wildman–Crippen LogP) is 2.27. The van der Waals surface area contributed by atoms with Gasteiger partial charge in [0.25, 0.3) is 0 Å². The van der Waals surface area contributed by atoms with Crippen molar-refractivity contribution in [2.75, 3.05) is 7.05 Å². The van der Waals surface area contributed by atoms with Crippen LogP contribution >= 0.6 is 0 Å². The summed E-state index contributed by atoms with van der Waals surface area (Å²) in [4.78, 5) is 4.56. The molecule has 2 aliphatic carbocycles. The molecule has 2 fully saturated rings. The first-order valence-corrected chi connectivity index (χ1v) is 6.73. The second-order valence-corrected chi connectivity index (χ2v) is 5.77. The first kappa shape index (κ1) is 11.2. The van der Waals surface area contributed by atoms with Gasteiger partial charge in [0.15, 0.2) is 5.82 Å². The van der Waals surface area contributed by atoms with Crippen molar-refractivity contribution < 1.29 is 4.52 Å². The molecule has 94 valence electrons. The lowest BCUT2D eigenvalue weighted by molar-refractivity contribution is 0.354. The molecule has 1 aromatic heterocycles. The molecule has 0 aromatic carbocycles. The van der Waals surface area contributed by atoms with Crippen LogP contribution < -0.4 is 5.32 Å². The minimum atomic E-state index is 0.403. The summed E-state index contributed by atoms with van der Waals surface area (Å²) >= 11 is 0. The van der Waals surface area contributed by atoms with Gasteiger partial charge in [-0.15, -0.1) is 0 Å². The van der Waals surface area contributed by atoms with Crippen LogP contribution in [0.5, 0.6) is 0 Å². The monoisotopic (exact) mass is 235 g/mol. The Morgan fingerprint density at radius 1 is 1.47 bits per heavy atom. The van der Waals surface area contributed by atoms with E-state index in [0.29, 0.717) is 17.4 Å². The molecule has 1 N–H and O–H groups in total. The fourth-order valence-corrected chi connectivity index (χ4v) is 3.20. The van der Waals surface area contributed by atoms with Crippen LogP contribution in [0, 0.1) is 5.41 Å². The summed E-state index contributed by atoms with van der Waals surface area (Å²) in [5.74, 6) is 2.31. The average molecular weight is 235 g/mol. The summed E-state index contributed by atoms with van der Waals surface area (Å²) in [6.07, 6.45) is 7.61. The number of likely N-dealkylation sites (N-methyl/N-ethyl adjacent to an activating group) is 1. The molecule has 2 saturated carbocycles. The molecule has 2 unspecified atom stereocenters. The molecule has 1 spiro atoms. The molecule has 17 heavy (non-hydrogen) atoms. The molecule has 1 heterocycles. The van der Waals surface area contributed by atoms with E-state index in [1.54, 1.807) is 0 Å². The number of hydrogen-bond acceptors (Lipinski definition) is 4. The van der Waals surface area contributed by atoms with Gasteiger partial charge >= 0.3 is 0 Å². The molecule has 2 atom stereocenters. The Morgan fingerprint density at radius 2 is 2.24 bits per heavy atom. The highest BCUT2D eigenvalue weighted by Gasteiger charge is 2.58. The average Bonchev–Trinajstić information content (AvgIpc) is 2.69. The van der Waals surface area contributed by atoms with Gasteiger partial charge in [-0.1, -0.05) is 18.0 Å². The summed E-state index contributed by atoms with van der Waals surface area (Å²) in [6.45, 7) is 2.13. The van der Waals surface area contributed by atoms with Crippen LogP contribution in [-0.4, -0.2) is 23.2 Å². The Balaban J connectivity index is 1.65. The SMILES string of the molecule is CNC(C)Cc1noc(C2CC23CCCC3)n1. The summed E-state index contributed by atoms with van der Waals surface area (Å²) in [6, 6.07) is 0.403. The first-order chi connectivity index (χ1) is 8.23. The molecular formula is C13H21N3O. The zero-order valence-corrected chi connectivity index (χ0v) is 10.7. The van der Waals surface area contributed by atoms with Gasteiger partial charge in [-0.2, -0.15) is 4.98 Å². The molecule has 2 aliphatic rings. The van der Waals surface area contributed by atoms with E-state index in [9.17, 15) is 0 Å². The van der Waals surface area contributed by atoms with Gasteiger partial charge in [0, 0.05) is 18.4 Å². The van der Waals surface area contributed by atoms with Crippen molar-refractivity contribution >= 4 is 0 Å². The summed E-state index contributed by atoms with van der Waals surface area (Å²) in [5, 5.41) is 7.29. The number of nitrogens with zero attached hydrogens (tertiary/aromatic N) is 2. The number of nitrogens with one attached hydrogen (secondary N) is 1. The fraction of sp³-hybridized carbons (Fsp3) is 0.846. The molecule has 4 heteroatoms. The van der Waals surface area contributed by atoms with Crippen LogP contribution in [0.2, 0.25) is 0 Å². The van der Waals surface area contributed by atoms with Gasteiger partial charge in [-0.3, -0.25) is 0 Å². The maximum atomic E-state index is 5.43. The Hall–Kier alpha value is -0.900. The largest absolute Gasteiger partial charge is 0.339 e. The maximum absolute atomic E-state index is 5.43. The van der Waals surface area contributed by atoms with E-state index in [1.165, 1.54) is 32.1 Å². The van der Waals surface area contributed by atoms with Crippen LogP contribution in [0.3, 0.4) is 0 Å². The lowest BCUT2D eigenvalue weighted by Gasteiger charge is -2.05. The van der Waals surface area contributed by atoms with Gasteiger partial charge in [0.1, 0.15) is 0 Å². The van der Waals surface area contributed by atoms with E-state index >= 15 is 0 Å². The van der Waals surface area contributed by atoms with Crippen LogP contribution in [0.25, 0.3) is 0 Å². The maximum Gasteiger partial charge on any atom is 0.230 e. The number of aromatic nitrogens is 2. The smallest absolute Gasteiger partial charge is 0.230 e. The standard InChI is InChI=1S/C13H21N3O/c1-9(14-2)7-11-15-12(17-16-11)10-8-13(10)5-3-4-6-13/h9-10,14H,3-8H2,1-2H3. The molecule has 0 aliphatic heterocycles. The third-order valence-electron chi connectivity index (χ3n) is 4.55. The topological polar surface area (TPSA) is 51.0 Å². The van der Waals surface area contributed by atoms with Crippen molar-refractivity contribution in [1.82, 2.24) is 15.5 Å². The Bertz CT molecular complexity index is 395. The highest BCUT2D eigenvalue weighted by Crippen LogP contribution is 2.67. The fourth-order valence-electron chi connectivity index (χ4n) is 3.20. The van der Waals surface area contributed by atoms with Crippen LogP contribution in [0.1, 0.15) is 56.7 Å². The van der Waals surface area contributed by atoms with Crippen molar-refractivity contribution in [2.24, 2.45) is 5.41 Å². The molecule has 0 bridgehead atoms. The minimum Gasteiger partial charge on any atom is -0.339 e. The lowest BCUT2D eigenvalue weighted by Crippen LogP contribution is -2.24. The molecule has 0 saturated heterocycles. The minimum absolute atomic E-state index is 0.403. The van der Waals surface area contributed by atoms with Crippen molar-refractivity contribution in [3.05, 3.63) is 11.7 Å². The lowest BCUT2D eigenvalue weighted by atomic mass is 10.0. The second-order valence-electron chi connectivity index (χ2n) is 5.77.